The fraction of sp³-hybridized carbons (Fsp3) is 0.385. The van der Waals surface area contributed by atoms with Crippen molar-refractivity contribution in [2.75, 3.05) is 18.1 Å². The van der Waals surface area contributed by atoms with Crippen LogP contribution in [0.1, 0.15) is 5.89 Å². The van der Waals surface area contributed by atoms with E-state index >= 15 is 0 Å². The average Bonchev–Trinajstić information content (AvgIpc) is 2.87. The Kier molecular flexibility index (Phi) is 4.38. The first-order valence-corrected chi connectivity index (χ1v) is 8.25. The molecule has 20 heavy (non-hydrogen) atoms. The minimum absolute atomic E-state index is 0.328. The molecule has 1 fully saturated rings. The summed E-state index contributed by atoms with van der Waals surface area (Å²) in [5, 5.41) is 7.34. The van der Waals surface area contributed by atoms with E-state index in [2.05, 4.69) is 31.4 Å². The highest BCUT2D eigenvalue weighted by Gasteiger charge is 2.18. The van der Waals surface area contributed by atoms with E-state index in [4.69, 9.17) is 4.52 Å². The highest BCUT2D eigenvalue weighted by Crippen LogP contribution is 2.23. The van der Waals surface area contributed by atoms with E-state index in [0.717, 1.165) is 18.1 Å². The molecule has 0 aliphatic carbocycles. The predicted molar refractivity (Wildman–Crippen MR) is 80.2 cm³/mol. The maximum absolute atomic E-state index is 13.4. The van der Waals surface area contributed by atoms with E-state index in [9.17, 15) is 4.39 Å². The molecule has 1 N–H and O–H groups in total. The number of nitrogens with zero attached hydrogens (tertiary/aromatic N) is 2. The van der Waals surface area contributed by atoms with E-state index in [1.807, 2.05) is 11.8 Å². The lowest BCUT2D eigenvalue weighted by Crippen LogP contribution is -2.38. The quantitative estimate of drug-likeness (QED) is 0.915. The predicted octanol–water partition coefficient (Wildman–Crippen LogP) is 2.89. The maximum Gasteiger partial charge on any atom is 0.228 e. The minimum atomic E-state index is -0.328. The van der Waals surface area contributed by atoms with Gasteiger partial charge in [-0.3, -0.25) is 0 Å². The molecule has 1 aromatic carbocycles. The number of halogens is 2. The van der Waals surface area contributed by atoms with Gasteiger partial charge in [0, 0.05) is 40.5 Å². The van der Waals surface area contributed by atoms with Gasteiger partial charge in [0.25, 0.3) is 0 Å². The van der Waals surface area contributed by atoms with Crippen LogP contribution in [-0.4, -0.2) is 34.2 Å². The maximum atomic E-state index is 13.4. The summed E-state index contributed by atoms with van der Waals surface area (Å²) < 4.78 is 19.3. The molecule has 0 spiro atoms. The van der Waals surface area contributed by atoms with Gasteiger partial charge in [0.2, 0.25) is 11.7 Å². The minimum Gasteiger partial charge on any atom is -0.339 e. The van der Waals surface area contributed by atoms with Crippen LogP contribution in [0.5, 0.6) is 0 Å². The Morgan fingerprint density at radius 1 is 1.45 bits per heavy atom. The normalized spacial score (nSPS) is 19.2. The molecule has 7 heteroatoms. The zero-order valence-corrected chi connectivity index (χ0v) is 13.0. The summed E-state index contributed by atoms with van der Waals surface area (Å²) in [6, 6.07) is 4.93. The Hall–Kier alpha value is -0.920. The Bertz CT molecular complexity index is 581. The molecule has 1 atom stereocenters. The molecule has 0 amide bonds. The second-order valence-corrected chi connectivity index (χ2v) is 6.67. The summed E-state index contributed by atoms with van der Waals surface area (Å²) in [5.41, 5.74) is 0.609. The van der Waals surface area contributed by atoms with Crippen LogP contribution in [0.15, 0.2) is 27.2 Å². The molecule has 1 saturated heterocycles. The first-order valence-electron chi connectivity index (χ1n) is 6.31. The number of thioether (sulfide) groups is 1. The van der Waals surface area contributed by atoms with Crippen molar-refractivity contribution < 1.29 is 8.91 Å². The summed E-state index contributed by atoms with van der Waals surface area (Å²) in [7, 11) is 0. The van der Waals surface area contributed by atoms with Crippen molar-refractivity contribution in [3.8, 4) is 11.4 Å². The average molecular weight is 358 g/mol. The molecule has 1 aliphatic rings. The summed E-state index contributed by atoms with van der Waals surface area (Å²) in [4.78, 5) is 4.34. The number of aromatic nitrogens is 2. The zero-order valence-electron chi connectivity index (χ0n) is 10.6. The third-order valence-electron chi connectivity index (χ3n) is 3.01. The summed E-state index contributed by atoms with van der Waals surface area (Å²) >= 11 is 5.18. The molecule has 0 saturated carbocycles. The summed E-state index contributed by atoms with van der Waals surface area (Å²) in [6.45, 7) is 1.01. The molecule has 0 radical (unpaired) electrons. The van der Waals surface area contributed by atoms with E-state index in [1.165, 1.54) is 12.1 Å². The molecular weight excluding hydrogens is 345 g/mol. The Morgan fingerprint density at radius 2 is 2.35 bits per heavy atom. The van der Waals surface area contributed by atoms with E-state index in [1.54, 1.807) is 6.07 Å². The highest BCUT2D eigenvalue weighted by molar-refractivity contribution is 9.10. The zero-order chi connectivity index (χ0) is 13.9. The lowest BCUT2D eigenvalue weighted by molar-refractivity contribution is 0.363. The molecular formula is C13H13BrFN3OS. The molecule has 1 aliphatic heterocycles. The first kappa shape index (κ1) is 14.0. The van der Waals surface area contributed by atoms with Crippen molar-refractivity contribution in [3.05, 3.63) is 34.4 Å². The van der Waals surface area contributed by atoms with Crippen LogP contribution < -0.4 is 5.32 Å². The Morgan fingerprint density at radius 3 is 3.10 bits per heavy atom. The van der Waals surface area contributed by atoms with Gasteiger partial charge in [0.1, 0.15) is 5.82 Å². The molecule has 3 rings (SSSR count). The smallest absolute Gasteiger partial charge is 0.228 e. The van der Waals surface area contributed by atoms with Crippen molar-refractivity contribution in [3.63, 3.8) is 0 Å². The lowest BCUT2D eigenvalue weighted by atomic mass is 10.2. The van der Waals surface area contributed by atoms with Crippen molar-refractivity contribution in [1.82, 2.24) is 15.5 Å². The highest BCUT2D eigenvalue weighted by atomic mass is 79.9. The van der Waals surface area contributed by atoms with Gasteiger partial charge in [-0.05, 0) is 18.2 Å². The standard InChI is InChI=1S/C13H13BrFN3OS/c14-9-3-8(4-10(15)5-9)13-17-12(19-18-13)6-11-7-20-2-1-16-11/h3-5,11,16H,1-2,6-7H2. The van der Waals surface area contributed by atoms with Crippen LogP contribution in [-0.2, 0) is 6.42 Å². The van der Waals surface area contributed by atoms with Crippen molar-refractivity contribution in [2.24, 2.45) is 0 Å². The van der Waals surface area contributed by atoms with E-state index in [0.29, 0.717) is 34.2 Å². The first-order chi connectivity index (χ1) is 9.70. The second-order valence-electron chi connectivity index (χ2n) is 4.60. The van der Waals surface area contributed by atoms with Gasteiger partial charge in [0.05, 0.1) is 0 Å². The Labute approximate surface area is 128 Å². The van der Waals surface area contributed by atoms with Gasteiger partial charge in [-0.2, -0.15) is 16.7 Å². The van der Waals surface area contributed by atoms with Crippen LogP contribution in [0.4, 0.5) is 4.39 Å². The molecule has 2 heterocycles. The summed E-state index contributed by atoms with van der Waals surface area (Å²) in [5.74, 6) is 2.86. The number of hydrogen-bond donors (Lipinski definition) is 1. The van der Waals surface area contributed by atoms with E-state index < -0.39 is 0 Å². The third-order valence-corrected chi connectivity index (χ3v) is 4.60. The van der Waals surface area contributed by atoms with Crippen molar-refractivity contribution >= 4 is 27.7 Å². The largest absolute Gasteiger partial charge is 0.339 e. The molecule has 1 aromatic heterocycles. The van der Waals surface area contributed by atoms with E-state index in [-0.39, 0.29) is 5.82 Å². The topological polar surface area (TPSA) is 51.0 Å². The van der Waals surface area contributed by atoms with Crippen LogP contribution in [0, 0.1) is 5.82 Å². The lowest BCUT2D eigenvalue weighted by Gasteiger charge is -2.21. The van der Waals surface area contributed by atoms with Gasteiger partial charge >= 0.3 is 0 Å². The van der Waals surface area contributed by atoms with Crippen LogP contribution in [0.25, 0.3) is 11.4 Å². The van der Waals surface area contributed by atoms with Crippen LogP contribution in [0.3, 0.4) is 0 Å². The van der Waals surface area contributed by atoms with Gasteiger partial charge < -0.3 is 9.84 Å². The Balaban J connectivity index is 1.75. The SMILES string of the molecule is Fc1cc(Br)cc(-c2noc(CC3CSCCN3)n2)c1. The van der Waals surface area contributed by atoms with Gasteiger partial charge in [-0.25, -0.2) is 4.39 Å². The summed E-state index contributed by atoms with van der Waals surface area (Å²) in [6.07, 6.45) is 0.705. The third kappa shape index (κ3) is 3.39. The van der Waals surface area contributed by atoms with Crippen LogP contribution >= 0.6 is 27.7 Å². The van der Waals surface area contributed by atoms with Gasteiger partial charge in [-0.1, -0.05) is 21.1 Å². The van der Waals surface area contributed by atoms with Crippen molar-refractivity contribution in [1.29, 1.82) is 0 Å². The van der Waals surface area contributed by atoms with Gasteiger partial charge in [0.15, 0.2) is 0 Å². The molecule has 4 nitrogen and oxygen atoms in total. The molecule has 106 valence electrons. The van der Waals surface area contributed by atoms with Crippen LogP contribution in [0.2, 0.25) is 0 Å². The molecule has 1 unspecified atom stereocenters. The number of benzene rings is 1. The fourth-order valence-corrected chi connectivity index (χ4v) is 3.51. The number of rotatable bonds is 3. The number of hydrogen-bond acceptors (Lipinski definition) is 5. The fourth-order valence-electron chi connectivity index (χ4n) is 2.10. The van der Waals surface area contributed by atoms with Gasteiger partial charge in [-0.15, -0.1) is 0 Å². The molecule has 0 bridgehead atoms. The van der Waals surface area contributed by atoms with Crippen molar-refractivity contribution in [2.45, 2.75) is 12.5 Å². The second kappa shape index (κ2) is 6.24. The monoisotopic (exact) mass is 357 g/mol. The number of nitrogens with one attached hydrogen (secondary N) is 1. The molecule has 2 aromatic rings.